The Kier molecular flexibility index (Phi) is 3.33. The van der Waals surface area contributed by atoms with E-state index in [9.17, 15) is 0 Å². The van der Waals surface area contributed by atoms with Crippen LogP contribution < -0.4 is 4.31 Å². The van der Waals surface area contributed by atoms with Crippen LogP contribution in [0.5, 0.6) is 0 Å². The van der Waals surface area contributed by atoms with Crippen LogP contribution in [0.1, 0.15) is 32.6 Å². The molecule has 13 heavy (non-hydrogen) atoms. The van der Waals surface area contributed by atoms with Crippen LogP contribution in [0.4, 0.5) is 0 Å². The molecule has 2 rings (SSSR count). The van der Waals surface area contributed by atoms with E-state index in [-0.39, 0.29) is 0 Å². The molecular formula is C11H20NS+. The molecule has 1 atom stereocenters. The zero-order valence-electron chi connectivity index (χ0n) is 8.46. The summed E-state index contributed by atoms with van der Waals surface area (Å²) in [7, 11) is 0. The molecule has 0 radical (unpaired) electrons. The van der Waals surface area contributed by atoms with Gasteiger partial charge >= 0.3 is 0 Å². The van der Waals surface area contributed by atoms with Crippen molar-refractivity contribution in [2.45, 2.75) is 32.6 Å². The standard InChI is InChI=1S/C11H19NS/c1-10-3-5-11(6-4-10)9-12-7-2-8-13-12/h2,7,10-11H,3-6,8-9H2,1H3/p+1. The zero-order valence-corrected chi connectivity index (χ0v) is 9.28. The summed E-state index contributed by atoms with van der Waals surface area (Å²) in [6, 6.07) is 0. The molecule has 1 unspecified atom stereocenters. The lowest BCUT2D eigenvalue weighted by molar-refractivity contribution is -0.696. The van der Waals surface area contributed by atoms with Gasteiger partial charge in [0.15, 0.2) is 0 Å². The summed E-state index contributed by atoms with van der Waals surface area (Å²) < 4.78 is 1.64. The van der Waals surface area contributed by atoms with Crippen LogP contribution in [-0.4, -0.2) is 12.3 Å². The van der Waals surface area contributed by atoms with Gasteiger partial charge in [-0.25, -0.2) is 4.31 Å². The first-order valence-corrected chi connectivity index (χ1v) is 6.48. The van der Waals surface area contributed by atoms with E-state index in [4.69, 9.17) is 0 Å². The third-order valence-electron chi connectivity index (χ3n) is 3.29. The second-order valence-electron chi connectivity index (χ2n) is 4.51. The fourth-order valence-electron chi connectivity index (χ4n) is 2.33. The molecule has 1 heterocycles. The molecule has 0 aromatic heterocycles. The first-order chi connectivity index (χ1) is 6.34. The fraction of sp³-hybridized carbons (Fsp3) is 0.818. The van der Waals surface area contributed by atoms with E-state index in [1.165, 1.54) is 38.0 Å². The lowest BCUT2D eigenvalue weighted by atomic mass is 9.83. The van der Waals surface area contributed by atoms with Gasteiger partial charge in [-0.2, -0.15) is 0 Å². The highest BCUT2D eigenvalue weighted by Gasteiger charge is 2.23. The normalized spacial score (nSPS) is 39.6. The summed E-state index contributed by atoms with van der Waals surface area (Å²) in [6.45, 7) is 3.77. The van der Waals surface area contributed by atoms with Gasteiger partial charge in [-0.05, 0) is 24.8 Å². The van der Waals surface area contributed by atoms with E-state index in [0.717, 1.165) is 11.8 Å². The van der Waals surface area contributed by atoms with E-state index in [1.54, 1.807) is 4.31 Å². The molecule has 2 heteroatoms. The van der Waals surface area contributed by atoms with Crippen LogP contribution in [0.2, 0.25) is 0 Å². The van der Waals surface area contributed by atoms with Crippen molar-refractivity contribution in [3.63, 3.8) is 0 Å². The molecule has 1 saturated carbocycles. The predicted molar refractivity (Wildman–Crippen MR) is 58.5 cm³/mol. The minimum absolute atomic E-state index is 0.994. The monoisotopic (exact) mass is 198 g/mol. The summed E-state index contributed by atoms with van der Waals surface area (Å²) in [6.07, 6.45) is 10.5. The third-order valence-corrected chi connectivity index (χ3v) is 4.33. The molecular weight excluding hydrogens is 178 g/mol. The summed E-state index contributed by atoms with van der Waals surface area (Å²) >= 11 is 2.04. The highest BCUT2D eigenvalue weighted by molar-refractivity contribution is 7.93. The highest BCUT2D eigenvalue weighted by atomic mass is 32.2. The first kappa shape index (κ1) is 9.60. The van der Waals surface area contributed by atoms with Gasteiger partial charge < -0.3 is 0 Å². The van der Waals surface area contributed by atoms with Gasteiger partial charge in [-0.3, -0.25) is 0 Å². The molecule has 0 bridgehead atoms. The van der Waals surface area contributed by atoms with Crippen molar-refractivity contribution < 1.29 is 4.31 Å². The Morgan fingerprint density at radius 2 is 2.08 bits per heavy atom. The molecule has 1 fully saturated rings. The lowest BCUT2D eigenvalue weighted by Gasteiger charge is -2.26. The number of rotatable bonds is 2. The summed E-state index contributed by atoms with van der Waals surface area (Å²) in [4.78, 5) is 0. The number of hydrogen-bond donors (Lipinski definition) is 1. The van der Waals surface area contributed by atoms with E-state index in [2.05, 4.69) is 19.2 Å². The smallest absolute Gasteiger partial charge is 0.103 e. The van der Waals surface area contributed by atoms with Crippen molar-refractivity contribution in [2.75, 3.05) is 12.3 Å². The highest BCUT2D eigenvalue weighted by Crippen LogP contribution is 2.27. The topological polar surface area (TPSA) is 4.44 Å². The van der Waals surface area contributed by atoms with E-state index < -0.39 is 0 Å². The van der Waals surface area contributed by atoms with Crippen molar-refractivity contribution in [1.82, 2.24) is 0 Å². The van der Waals surface area contributed by atoms with Crippen LogP contribution in [0.15, 0.2) is 12.3 Å². The second-order valence-corrected chi connectivity index (χ2v) is 5.66. The minimum atomic E-state index is 0.994. The van der Waals surface area contributed by atoms with Crippen molar-refractivity contribution >= 4 is 11.9 Å². The van der Waals surface area contributed by atoms with Crippen LogP contribution in [0.25, 0.3) is 0 Å². The van der Waals surface area contributed by atoms with Gasteiger partial charge in [0.1, 0.15) is 6.20 Å². The van der Waals surface area contributed by atoms with Crippen molar-refractivity contribution in [3.05, 3.63) is 12.3 Å². The molecule has 1 nitrogen and oxygen atoms in total. The molecule has 2 aliphatic rings. The van der Waals surface area contributed by atoms with Crippen LogP contribution in [0, 0.1) is 11.8 Å². The summed E-state index contributed by atoms with van der Waals surface area (Å²) in [5.74, 6) is 3.22. The summed E-state index contributed by atoms with van der Waals surface area (Å²) in [5.41, 5.74) is 0. The van der Waals surface area contributed by atoms with E-state index >= 15 is 0 Å². The van der Waals surface area contributed by atoms with Gasteiger partial charge in [0.2, 0.25) is 0 Å². The predicted octanol–water partition coefficient (Wildman–Crippen LogP) is 1.87. The Morgan fingerprint density at radius 3 is 2.69 bits per heavy atom. The van der Waals surface area contributed by atoms with Gasteiger partial charge in [-0.1, -0.05) is 19.8 Å². The van der Waals surface area contributed by atoms with Gasteiger partial charge in [-0.15, -0.1) is 0 Å². The van der Waals surface area contributed by atoms with Crippen LogP contribution in [-0.2, 0) is 0 Å². The molecule has 0 spiro atoms. The number of hydrogen-bond acceptors (Lipinski definition) is 1. The van der Waals surface area contributed by atoms with Gasteiger partial charge in [0, 0.05) is 5.92 Å². The molecule has 1 N–H and O–H groups in total. The minimum Gasteiger partial charge on any atom is -0.247 e. The zero-order chi connectivity index (χ0) is 9.10. The number of quaternary nitrogens is 1. The van der Waals surface area contributed by atoms with Crippen molar-refractivity contribution in [1.29, 1.82) is 0 Å². The molecule has 0 aromatic carbocycles. The largest absolute Gasteiger partial charge is 0.247 e. The molecule has 1 aliphatic carbocycles. The SMILES string of the molecule is CC1CCC(C[NH+]2C=CCS2)CC1. The van der Waals surface area contributed by atoms with Gasteiger partial charge in [0.25, 0.3) is 0 Å². The van der Waals surface area contributed by atoms with Crippen LogP contribution >= 0.6 is 11.9 Å². The average molecular weight is 198 g/mol. The maximum Gasteiger partial charge on any atom is 0.103 e. The third kappa shape index (κ3) is 2.75. The van der Waals surface area contributed by atoms with Crippen LogP contribution in [0.3, 0.4) is 0 Å². The fourth-order valence-corrected chi connectivity index (χ4v) is 3.28. The summed E-state index contributed by atoms with van der Waals surface area (Å²) in [5, 5.41) is 0. The Balaban J connectivity index is 1.72. The molecule has 0 saturated heterocycles. The molecule has 0 amide bonds. The molecule has 74 valence electrons. The van der Waals surface area contributed by atoms with E-state index in [1.807, 2.05) is 11.9 Å². The first-order valence-electron chi connectivity index (χ1n) is 5.50. The Labute approximate surface area is 85.7 Å². The second kappa shape index (κ2) is 4.52. The lowest BCUT2D eigenvalue weighted by Crippen LogP contribution is -3.00. The van der Waals surface area contributed by atoms with Gasteiger partial charge in [0.05, 0.1) is 24.2 Å². The quantitative estimate of drug-likeness (QED) is 0.664. The molecule has 0 aromatic rings. The van der Waals surface area contributed by atoms with Crippen molar-refractivity contribution in [3.8, 4) is 0 Å². The Morgan fingerprint density at radius 1 is 1.31 bits per heavy atom. The maximum absolute atomic E-state index is 2.40. The molecule has 1 aliphatic heterocycles. The maximum atomic E-state index is 2.40. The Hall–Kier alpha value is 0.0500. The number of nitrogens with one attached hydrogen (secondary N) is 1. The Bertz CT molecular complexity index is 183. The van der Waals surface area contributed by atoms with E-state index in [0.29, 0.717) is 0 Å². The average Bonchev–Trinajstić information content (AvgIpc) is 2.62. The van der Waals surface area contributed by atoms with Crippen molar-refractivity contribution in [2.24, 2.45) is 11.8 Å².